The van der Waals surface area contributed by atoms with Crippen molar-refractivity contribution in [3.05, 3.63) is 198 Å². The van der Waals surface area contributed by atoms with Crippen LogP contribution >= 0.6 is 0 Å². The molecule has 0 saturated carbocycles. The molecule has 0 spiro atoms. The normalized spacial score (nSPS) is 16.9. The molecular weight excluding hydrogens is 553 g/mol. The van der Waals surface area contributed by atoms with Crippen LogP contribution in [0.25, 0.3) is 61.0 Å². The molecule has 0 saturated heterocycles. The molecule has 0 heterocycles. The van der Waals surface area contributed by atoms with Gasteiger partial charge in [-0.15, -0.1) is 0 Å². The smallest absolute Gasteiger partial charge is 0.0137 e. The van der Waals surface area contributed by atoms with Gasteiger partial charge in [0.15, 0.2) is 0 Å². The van der Waals surface area contributed by atoms with Gasteiger partial charge in [-0.05, 0) is 88.6 Å². The first-order valence-electron chi connectivity index (χ1n) is 16.2. The molecule has 2 unspecified atom stereocenters. The van der Waals surface area contributed by atoms with Gasteiger partial charge in [-0.1, -0.05) is 170 Å². The van der Waals surface area contributed by atoms with Crippen molar-refractivity contribution in [2.24, 2.45) is 5.92 Å². The molecule has 0 heteroatoms. The third kappa shape index (κ3) is 4.54. The van der Waals surface area contributed by atoms with Crippen molar-refractivity contribution in [2.45, 2.75) is 5.92 Å². The molecule has 9 rings (SSSR count). The molecule has 0 fully saturated rings. The van der Waals surface area contributed by atoms with Crippen LogP contribution < -0.4 is 10.4 Å². The van der Waals surface area contributed by atoms with E-state index in [1.54, 1.807) is 0 Å². The summed E-state index contributed by atoms with van der Waals surface area (Å²) in [6.45, 7) is 0. The molecule has 0 aromatic heterocycles. The maximum absolute atomic E-state index is 2.49. The minimum absolute atomic E-state index is 0.222. The molecule has 0 nitrogen and oxygen atoms in total. The lowest BCUT2D eigenvalue weighted by atomic mass is 9.73. The Bertz CT molecular complexity index is 2460. The quantitative estimate of drug-likeness (QED) is 0.181. The summed E-state index contributed by atoms with van der Waals surface area (Å²) in [4.78, 5) is 0. The summed E-state index contributed by atoms with van der Waals surface area (Å²) in [5, 5.41) is 7.79. The van der Waals surface area contributed by atoms with Crippen molar-refractivity contribution in [1.82, 2.24) is 0 Å². The van der Waals surface area contributed by atoms with Crippen LogP contribution in [0.15, 0.2) is 176 Å². The van der Waals surface area contributed by atoms with Crippen molar-refractivity contribution in [3.8, 4) is 22.3 Å². The highest BCUT2D eigenvalue weighted by Gasteiger charge is 2.28. The number of fused-ring (bicyclic) bond motifs is 5. The van der Waals surface area contributed by atoms with E-state index in [-0.39, 0.29) is 11.8 Å². The number of hydrogen-bond acceptors (Lipinski definition) is 0. The van der Waals surface area contributed by atoms with Gasteiger partial charge in [0.25, 0.3) is 0 Å². The summed E-state index contributed by atoms with van der Waals surface area (Å²) in [7, 11) is 0. The van der Waals surface area contributed by atoms with E-state index in [4.69, 9.17) is 0 Å². The van der Waals surface area contributed by atoms with Crippen LogP contribution in [-0.4, -0.2) is 0 Å². The van der Waals surface area contributed by atoms with E-state index in [1.165, 1.54) is 76.5 Å². The summed E-state index contributed by atoms with van der Waals surface area (Å²) >= 11 is 0. The van der Waals surface area contributed by atoms with E-state index in [2.05, 4.69) is 182 Å². The Balaban J connectivity index is 1.23. The van der Waals surface area contributed by atoms with Crippen molar-refractivity contribution < 1.29 is 0 Å². The van der Waals surface area contributed by atoms with Crippen LogP contribution in [0.3, 0.4) is 0 Å². The Hall–Kier alpha value is -5.72. The number of benzene rings is 7. The van der Waals surface area contributed by atoms with Crippen LogP contribution in [0, 0.1) is 5.92 Å². The van der Waals surface area contributed by atoms with Gasteiger partial charge in [-0.3, -0.25) is 0 Å². The fourth-order valence-corrected chi connectivity index (χ4v) is 7.59. The molecule has 7 aromatic rings. The van der Waals surface area contributed by atoms with Gasteiger partial charge in [0.1, 0.15) is 0 Å². The molecule has 2 aliphatic carbocycles. The van der Waals surface area contributed by atoms with E-state index in [0.717, 1.165) is 0 Å². The predicted octanol–water partition coefficient (Wildman–Crippen LogP) is 10.3. The molecule has 7 aromatic carbocycles. The van der Waals surface area contributed by atoms with Gasteiger partial charge in [0, 0.05) is 11.8 Å². The lowest BCUT2D eigenvalue weighted by Gasteiger charge is -2.30. The number of allylic oxidation sites excluding steroid dienone is 4. The Labute approximate surface area is 269 Å². The van der Waals surface area contributed by atoms with E-state index in [9.17, 15) is 0 Å². The largest absolute Gasteiger partial charge is 0.0682 e. The fraction of sp³-hybridized carbons (Fsp3) is 0.0435. The van der Waals surface area contributed by atoms with E-state index < -0.39 is 0 Å². The molecule has 0 radical (unpaired) electrons. The summed E-state index contributed by atoms with van der Waals surface area (Å²) in [6.07, 6.45) is 9.64. The van der Waals surface area contributed by atoms with Gasteiger partial charge < -0.3 is 0 Å². The third-order valence-corrected chi connectivity index (χ3v) is 9.84. The minimum atomic E-state index is 0.222. The van der Waals surface area contributed by atoms with Gasteiger partial charge in [-0.25, -0.2) is 0 Å². The van der Waals surface area contributed by atoms with E-state index in [1.807, 2.05) is 0 Å². The lowest BCUT2D eigenvalue weighted by Crippen LogP contribution is -2.35. The maximum atomic E-state index is 2.49. The van der Waals surface area contributed by atoms with Crippen LogP contribution in [0.1, 0.15) is 17.0 Å². The molecule has 2 aliphatic rings. The first kappa shape index (κ1) is 26.7. The monoisotopic (exact) mass is 584 g/mol. The molecule has 0 amide bonds. The topological polar surface area (TPSA) is 0 Å². The van der Waals surface area contributed by atoms with Crippen molar-refractivity contribution >= 4 is 38.8 Å². The van der Waals surface area contributed by atoms with Crippen LogP contribution in [0.5, 0.6) is 0 Å². The molecule has 0 N–H and O–H groups in total. The predicted molar refractivity (Wildman–Crippen MR) is 196 cm³/mol. The maximum Gasteiger partial charge on any atom is 0.0137 e. The van der Waals surface area contributed by atoms with Crippen molar-refractivity contribution in [3.63, 3.8) is 0 Å². The number of hydrogen-bond donors (Lipinski definition) is 0. The first-order chi connectivity index (χ1) is 22.8. The zero-order valence-corrected chi connectivity index (χ0v) is 25.5. The summed E-state index contributed by atoms with van der Waals surface area (Å²) in [5.74, 6) is 0.475. The zero-order chi connectivity index (χ0) is 30.5. The standard InChI is InChI=1S/C46H32/c1-3-12-31(13-4-1)33-22-24-41-39-20-9-7-16-37(39)29-43(45(41)27-33)35-18-11-19-36(26-35)44-30-38-17-8-10-21-40(38)42-25-23-34(28-46(42)44)32-14-5-2-6-15-32/h1-30,43,45H. The molecular formula is C46H32. The summed E-state index contributed by atoms with van der Waals surface area (Å²) in [6, 6.07) is 57.8. The Morgan fingerprint density at radius 3 is 2.00 bits per heavy atom. The van der Waals surface area contributed by atoms with Crippen LogP contribution in [-0.2, 0) is 0 Å². The third-order valence-electron chi connectivity index (χ3n) is 9.84. The summed E-state index contributed by atoms with van der Waals surface area (Å²) in [5.41, 5.74) is 10.3. The highest BCUT2D eigenvalue weighted by Crippen LogP contribution is 2.42. The summed E-state index contributed by atoms with van der Waals surface area (Å²) < 4.78 is 0. The second-order valence-electron chi connectivity index (χ2n) is 12.5. The van der Waals surface area contributed by atoms with Crippen LogP contribution in [0.2, 0.25) is 0 Å². The molecule has 0 aliphatic heterocycles. The van der Waals surface area contributed by atoms with E-state index >= 15 is 0 Å². The van der Waals surface area contributed by atoms with Gasteiger partial charge in [0.2, 0.25) is 0 Å². The average molecular weight is 585 g/mol. The zero-order valence-electron chi connectivity index (χ0n) is 25.5. The Kier molecular flexibility index (Phi) is 6.39. The molecule has 46 heavy (non-hydrogen) atoms. The highest BCUT2D eigenvalue weighted by molar-refractivity contribution is 6.14. The van der Waals surface area contributed by atoms with Gasteiger partial charge in [0.05, 0.1) is 0 Å². The van der Waals surface area contributed by atoms with Crippen LogP contribution in [0.4, 0.5) is 0 Å². The van der Waals surface area contributed by atoms with E-state index in [0.29, 0.717) is 0 Å². The van der Waals surface area contributed by atoms with Gasteiger partial charge >= 0.3 is 0 Å². The Morgan fingerprint density at radius 2 is 1.13 bits per heavy atom. The first-order valence-corrected chi connectivity index (χ1v) is 16.2. The van der Waals surface area contributed by atoms with Crippen molar-refractivity contribution in [1.29, 1.82) is 0 Å². The second-order valence-corrected chi connectivity index (χ2v) is 12.5. The molecule has 2 atom stereocenters. The fourth-order valence-electron chi connectivity index (χ4n) is 7.59. The number of rotatable bonds is 4. The Morgan fingerprint density at radius 1 is 0.391 bits per heavy atom. The minimum Gasteiger partial charge on any atom is -0.0682 e. The molecule has 0 bridgehead atoms. The SMILES string of the molecule is C1=CC2=c3ccccc3=CC(c3cccc(-c4cc5ccccc5c5ccc(-c6ccccc6)cc45)c3)C2C=C1c1ccccc1. The van der Waals surface area contributed by atoms with Crippen molar-refractivity contribution in [2.75, 3.05) is 0 Å². The second kappa shape index (κ2) is 11.0. The average Bonchev–Trinajstić information content (AvgIpc) is 3.14. The van der Waals surface area contributed by atoms with Gasteiger partial charge in [-0.2, -0.15) is 0 Å². The lowest BCUT2D eigenvalue weighted by molar-refractivity contribution is 0.744. The highest BCUT2D eigenvalue weighted by atomic mass is 14.3. The molecule has 216 valence electrons.